The molecule has 0 saturated carbocycles. The second-order valence-electron chi connectivity index (χ2n) is 6.18. The first-order valence-corrected chi connectivity index (χ1v) is 12.6. The number of sulfonamides is 2. The van der Waals surface area contributed by atoms with Crippen molar-refractivity contribution in [3.05, 3.63) is 20.2 Å². The molecule has 184 valence electrons. The van der Waals surface area contributed by atoms with Gasteiger partial charge in [0.25, 0.3) is 0 Å². The number of hydrogen-bond donors (Lipinski definition) is 0. The van der Waals surface area contributed by atoms with Gasteiger partial charge >= 0.3 is 11.0 Å². The van der Waals surface area contributed by atoms with Crippen LogP contribution in [-0.4, -0.2) is 41.1 Å². The van der Waals surface area contributed by atoms with Crippen molar-refractivity contribution in [1.29, 1.82) is 0 Å². The molecule has 0 atom stereocenters. The van der Waals surface area contributed by atoms with Crippen molar-refractivity contribution in [2.45, 2.75) is 57.0 Å². The Bertz CT molecular complexity index is 838. The Morgan fingerprint density at radius 3 is 1.87 bits per heavy atom. The zero-order valence-corrected chi connectivity index (χ0v) is 19.4. The van der Waals surface area contributed by atoms with Gasteiger partial charge in [-0.25, -0.2) is 16.8 Å². The summed E-state index contributed by atoms with van der Waals surface area (Å²) >= 11 is 1.83. The molecule has 0 bridgehead atoms. The van der Waals surface area contributed by atoms with E-state index in [2.05, 4.69) is 31.0 Å². The van der Waals surface area contributed by atoms with E-state index in [1.165, 1.54) is 36.3 Å². The van der Waals surface area contributed by atoms with Crippen molar-refractivity contribution in [2.24, 2.45) is 7.05 Å². The lowest BCUT2D eigenvalue weighted by molar-refractivity contribution is -0.673. The number of aryl methyl sites for hydroxylation is 1. The second kappa shape index (κ2) is 12.3. The highest BCUT2D eigenvalue weighted by molar-refractivity contribution is 8.13. The quantitative estimate of drug-likeness (QED) is 0.262. The first kappa shape index (κ1) is 30.0. The van der Waals surface area contributed by atoms with Crippen LogP contribution in [0.15, 0.2) is 5.51 Å². The molecule has 1 rings (SSSR count). The first-order valence-electron chi connectivity index (χ1n) is 8.83. The van der Waals surface area contributed by atoms with Crippen LogP contribution in [0.25, 0.3) is 4.13 Å². The van der Waals surface area contributed by atoms with E-state index in [0.29, 0.717) is 0 Å². The lowest BCUT2D eigenvalue weighted by Crippen LogP contribution is -2.30. The van der Waals surface area contributed by atoms with Crippen LogP contribution in [-0.2, 0) is 38.3 Å². The molecule has 0 unspecified atom stereocenters. The fourth-order valence-electron chi connectivity index (χ4n) is 1.86. The average molecular weight is 523 g/mol. The number of unbranched alkanes of at least 4 members (excludes halogenated alkanes) is 3. The van der Waals surface area contributed by atoms with E-state index in [4.69, 9.17) is 4.74 Å². The van der Waals surface area contributed by atoms with Gasteiger partial charge in [0.15, 0.2) is 25.7 Å². The molecule has 0 aromatic carbocycles. The third-order valence-corrected chi connectivity index (χ3v) is 7.63. The summed E-state index contributed by atoms with van der Waals surface area (Å²) in [4.78, 5) is 1.45. The molecule has 1 aromatic rings. The molecule has 0 aliphatic carbocycles. The van der Waals surface area contributed by atoms with Crippen LogP contribution >= 0.6 is 11.3 Å². The number of thiazole rings is 1. The summed E-state index contributed by atoms with van der Waals surface area (Å²) in [5, 5.41) is 0. The largest absolute Gasteiger partial charge is 0.480 e. The Morgan fingerprint density at radius 2 is 1.48 bits per heavy atom. The third-order valence-electron chi connectivity index (χ3n) is 3.68. The average Bonchev–Trinajstić information content (AvgIpc) is 2.91. The maximum atomic E-state index is 11.4. The van der Waals surface area contributed by atoms with Gasteiger partial charge in [-0.3, -0.25) is 0 Å². The lowest BCUT2D eigenvalue weighted by atomic mass is 10.2. The second-order valence-corrected chi connectivity index (χ2v) is 10.5. The summed E-state index contributed by atoms with van der Waals surface area (Å²) in [6.45, 7) is 6.21. The Hall–Kier alpha value is -0.970. The SMILES string of the molecule is CCCCCCOCCc1sc[n+](C)c1C.O=S(=O)([N-]S(=O)(=O)C(F)(F)F)C(F)(F)F. The molecule has 31 heavy (non-hydrogen) atoms. The number of alkyl halides is 6. The monoisotopic (exact) mass is 522 g/mol. The van der Waals surface area contributed by atoms with Gasteiger partial charge in [-0.1, -0.05) is 37.5 Å². The van der Waals surface area contributed by atoms with Crippen LogP contribution in [0, 0.1) is 6.92 Å². The van der Waals surface area contributed by atoms with Crippen LogP contribution < -0.4 is 4.57 Å². The number of aromatic nitrogens is 1. The van der Waals surface area contributed by atoms with E-state index in [9.17, 15) is 43.2 Å². The fraction of sp³-hybridized carbons (Fsp3) is 0.800. The van der Waals surface area contributed by atoms with E-state index in [1.54, 1.807) is 0 Å². The van der Waals surface area contributed by atoms with Gasteiger partial charge in [-0.15, -0.1) is 0 Å². The van der Waals surface area contributed by atoms with Gasteiger partial charge in [-0.05, 0) is 6.42 Å². The van der Waals surface area contributed by atoms with E-state index >= 15 is 0 Å². The van der Waals surface area contributed by atoms with Gasteiger partial charge in [-0.2, -0.15) is 30.9 Å². The Balaban J connectivity index is 0.000000582. The Morgan fingerprint density at radius 1 is 0.968 bits per heavy atom. The topological polar surface area (TPSA) is 95.5 Å². The van der Waals surface area contributed by atoms with Crippen LogP contribution in [0.1, 0.15) is 43.2 Å². The highest BCUT2D eigenvalue weighted by Gasteiger charge is 2.46. The zero-order chi connectivity index (χ0) is 24.5. The molecule has 1 aromatic heterocycles. The lowest BCUT2D eigenvalue weighted by Gasteiger charge is -2.22. The molecular formula is C15H24F6N2O5S3. The standard InChI is InChI=1S/C13H24NOS.C2F6NO4S2/c1-4-5-6-7-9-15-10-8-13-12(2)14(3)11-16-13;3-1(4,5)14(10,11)9-15(12,13)2(6,7)8/h11H,4-10H2,1-3H3;/q+1;-1. The van der Waals surface area contributed by atoms with Crippen LogP contribution in [0.3, 0.4) is 0 Å². The molecule has 7 nitrogen and oxygen atoms in total. The molecule has 16 heteroatoms. The normalized spacial score (nSPS) is 13.1. The van der Waals surface area contributed by atoms with Crippen molar-refractivity contribution < 1.29 is 52.5 Å². The van der Waals surface area contributed by atoms with Crippen molar-refractivity contribution in [3.8, 4) is 0 Å². The molecule has 0 spiro atoms. The number of halogens is 6. The maximum Gasteiger partial charge on any atom is 0.480 e. The molecule has 0 N–H and O–H groups in total. The van der Waals surface area contributed by atoms with Gasteiger partial charge in [0, 0.05) is 20.0 Å². The van der Waals surface area contributed by atoms with Crippen molar-refractivity contribution in [2.75, 3.05) is 13.2 Å². The highest BCUT2D eigenvalue weighted by Crippen LogP contribution is 2.36. The predicted octanol–water partition coefficient (Wildman–Crippen LogP) is 4.08. The van der Waals surface area contributed by atoms with Crippen LogP contribution in [0.4, 0.5) is 26.3 Å². The smallest absolute Gasteiger partial charge is 0.421 e. The minimum atomic E-state index is -6.72. The molecule has 0 amide bonds. The first-order chi connectivity index (χ1) is 14.0. The van der Waals surface area contributed by atoms with Gasteiger partial charge < -0.3 is 8.86 Å². The molecule has 1 heterocycles. The molecule has 0 aliphatic heterocycles. The van der Waals surface area contributed by atoms with Crippen molar-refractivity contribution >= 4 is 31.4 Å². The summed E-state index contributed by atoms with van der Waals surface area (Å²) in [6.07, 6.45) is 6.22. The van der Waals surface area contributed by atoms with Gasteiger partial charge in [0.05, 0.1) is 11.5 Å². The molecule has 0 radical (unpaired) electrons. The Labute approximate surface area is 181 Å². The summed E-state index contributed by atoms with van der Waals surface area (Å²) in [7, 11) is -11.3. The minimum Gasteiger partial charge on any atom is -0.421 e. The van der Waals surface area contributed by atoms with Gasteiger partial charge in [0.2, 0.25) is 5.51 Å². The van der Waals surface area contributed by atoms with E-state index < -0.39 is 31.1 Å². The van der Waals surface area contributed by atoms with Crippen molar-refractivity contribution in [3.63, 3.8) is 0 Å². The number of hydrogen-bond acceptors (Lipinski definition) is 6. The van der Waals surface area contributed by atoms with E-state index in [0.717, 1.165) is 23.8 Å². The van der Waals surface area contributed by atoms with Crippen molar-refractivity contribution in [1.82, 2.24) is 0 Å². The third kappa shape index (κ3) is 10.5. The number of rotatable bonds is 10. The summed E-state index contributed by atoms with van der Waals surface area (Å²) < 4.78 is 117. The molecule has 0 fully saturated rings. The Kier molecular flexibility index (Phi) is 11.9. The predicted molar refractivity (Wildman–Crippen MR) is 102 cm³/mol. The summed E-state index contributed by atoms with van der Waals surface area (Å²) in [6, 6.07) is 0. The summed E-state index contributed by atoms with van der Waals surface area (Å²) in [5.41, 5.74) is -8.87. The molecular weight excluding hydrogens is 498 g/mol. The van der Waals surface area contributed by atoms with Crippen LogP contribution in [0.5, 0.6) is 0 Å². The van der Waals surface area contributed by atoms with E-state index in [-0.39, 0.29) is 0 Å². The zero-order valence-electron chi connectivity index (χ0n) is 17.0. The van der Waals surface area contributed by atoms with E-state index in [1.807, 2.05) is 11.3 Å². The molecule has 0 aliphatic rings. The number of ether oxygens (including phenoxy) is 1. The summed E-state index contributed by atoms with van der Waals surface area (Å²) in [5.74, 6) is 0. The molecule has 0 saturated heterocycles. The number of nitrogens with zero attached hydrogens (tertiary/aromatic N) is 2. The van der Waals surface area contributed by atoms with Gasteiger partial charge in [0.1, 0.15) is 7.05 Å². The minimum absolute atomic E-state index is 0.778. The highest BCUT2D eigenvalue weighted by atomic mass is 32.3. The van der Waals surface area contributed by atoms with Crippen LogP contribution in [0.2, 0.25) is 0 Å². The maximum absolute atomic E-state index is 11.4. The fourth-order valence-corrected chi connectivity index (χ4v) is 4.52.